The molecule has 2 aromatic carbocycles. The first-order valence-corrected chi connectivity index (χ1v) is 8.52. The summed E-state index contributed by atoms with van der Waals surface area (Å²) in [6.07, 6.45) is -3.94. The minimum absolute atomic E-state index is 0.424. The van der Waals surface area contributed by atoms with Crippen LogP contribution in [0.1, 0.15) is 29.3 Å². The van der Waals surface area contributed by atoms with Gasteiger partial charge in [0.05, 0.1) is 10.6 Å². The van der Waals surface area contributed by atoms with Crippen molar-refractivity contribution in [3.05, 3.63) is 68.8 Å². The van der Waals surface area contributed by atoms with Gasteiger partial charge in [-0.2, -0.15) is 13.2 Å². The monoisotopic (exact) mass is 384 g/mol. The van der Waals surface area contributed by atoms with Crippen LogP contribution in [0.15, 0.2) is 30.3 Å². The lowest BCUT2D eigenvalue weighted by atomic mass is 10.1. The number of halogens is 5. The fraction of sp³-hybridized carbons (Fsp3) is 0.263. The molecule has 0 saturated carbocycles. The molecule has 0 bridgehead atoms. The number of hydrogen-bond acceptors (Lipinski definition) is 0. The molecule has 0 aliphatic rings. The number of aryl methyl sites for hydroxylation is 2. The van der Waals surface area contributed by atoms with Crippen LogP contribution in [0.25, 0.3) is 10.9 Å². The van der Waals surface area contributed by atoms with Crippen molar-refractivity contribution in [2.75, 3.05) is 0 Å². The van der Waals surface area contributed by atoms with Crippen molar-refractivity contribution in [1.82, 2.24) is 4.57 Å². The second kappa shape index (κ2) is 6.58. The Hall–Kier alpha value is -1.65. The number of fused-ring (bicyclic) bond motifs is 1. The van der Waals surface area contributed by atoms with Crippen molar-refractivity contribution in [1.29, 1.82) is 0 Å². The van der Waals surface area contributed by atoms with Gasteiger partial charge in [-0.25, -0.2) is 0 Å². The van der Waals surface area contributed by atoms with Gasteiger partial charge in [0.25, 0.3) is 0 Å². The van der Waals surface area contributed by atoms with Gasteiger partial charge in [0.15, 0.2) is 0 Å². The van der Waals surface area contributed by atoms with E-state index in [9.17, 15) is 13.2 Å². The Labute approximate surface area is 154 Å². The van der Waals surface area contributed by atoms with Gasteiger partial charge in [0, 0.05) is 40.7 Å². The molecule has 25 heavy (non-hydrogen) atoms. The van der Waals surface area contributed by atoms with Gasteiger partial charge in [0.1, 0.15) is 0 Å². The lowest BCUT2D eigenvalue weighted by molar-refractivity contribution is -0.137. The predicted molar refractivity (Wildman–Crippen MR) is 95.5 cm³/mol. The maximum Gasteiger partial charge on any atom is 0.416 e. The normalized spacial score (nSPS) is 12.1. The number of aromatic nitrogens is 1. The third-order valence-corrected chi connectivity index (χ3v) is 5.00. The van der Waals surface area contributed by atoms with Gasteiger partial charge in [-0.1, -0.05) is 29.3 Å². The van der Waals surface area contributed by atoms with E-state index >= 15 is 0 Å². The summed E-state index contributed by atoms with van der Waals surface area (Å²) in [7, 11) is 0. The molecule has 0 fully saturated rings. The largest absolute Gasteiger partial charge is 0.416 e. The van der Waals surface area contributed by atoms with E-state index in [2.05, 4.69) is 6.07 Å². The average molecular weight is 385 g/mol. The summed E-state index contributed by atoms with van der Waals surface area (Å²) in [6, 6.07) is 10.5. The number of hydrogen-bond donors (Lipinski definition) is 0. The Morgan fingerprint density at radius 2 is 1.88 bits per heavy atom. The Morgan fingerprint density at radius 1 is 1.16 bits per heavy atom. The molecule has 1 aromatic heterocycles. The standard InChI is InChI=1S/C19H15Cl2F3N/c1-3-25-13(10-15-16(20)5-4-6-17(15)21)9-14-11(2)7-12(8-18(14)25)19(22,23)24/h4-5,7-9H,3,10H2,1-2H3. The minimum atomic E-state index is -4.37. The average Bonchev–Trinajstić information content (AvgIpc) is 2.88. The third kappa shape index (κ3) is 3.38. The fourth-order valence-electron chi connectivity index (χ4n) is 3.10. The van der Waals surface area contributed by atoms with Crippen LogP contribution in [0.5, 0.6) is 0 Å². The second-order valence-corrected chi connectivity index (χ2v) is 6.68. The summed E-state index contributed by atoms with van der Waals surface area (Å²) in [5.41, 5.74) is 2.10. The maximum absolute atomic E-state index is 13.1. The van der Waals surface area contributed by atoms with Crippen LogP contribution in [0.3, 0.4) is 0 Å². The van der Waals surface area contributed by atoms with Crippen LogP contribution in [-0.2, 0) is 19.1 Å². The Kier molecular flexibility index (Phi) is 4.78. The van der Waals surface area contributed by atoms with Gasteiger partial charge in [-0.05, 0) is 49.2 Å². The molecule has 0 N–H and O–H groups in total. The first-order chi connectivity index (χ1) is 11.7. The minimum Gasteiger partial charge on any atom is -0.345 e. The zero-order valence-corrected chi connectivity index (χ0v) is 15.1. The Morgan fingerprint density at radius 3 is 2.48 bits per heavy atom. The van der Waals surface area contributed by atoms with Gasteiger partial charge >= 0.3 is 6.18 Å². The van der Waals surface area contributed by atoms with Crippen LogP contribution in [0, 0.1) is 13.0 Å². The quantitative estimate of drug-likeness (QED) is 0.474. The molecule has 0 saturated heterocycles. The summed E-state index contributed by atoms with van der Waals surface area (Å²) in [5.74, 6) is 0. The first kappa shape index (κ1) is 18.2. The molecule has 1 radical (unpaired) electrons. The van der Waals surface area contributed by atoms with E-state index in [1.807, 2.05) is 17.6 Å². The van der Waals surface area contributed by atoms with Crippen LogP contribution in [0.4, 0.5) is 13.2 Å². The van der Waals surface area contributed by atoms with Gasteiger partial charge in [-0.15, -0.1) is 0 Å². The first-order valence-electron chi connectivity index (χ1n) is 7.77. The molecule has 1 nitrogen and oxygen atoms in total. The fourth-order valence-corrected chi connectivity index (χ4v) is 3.60. The van der Waals surface area contributed by atoms with Crippen molar-refractivity contribution >= 4 is 34.1 Å². The molecule has 0 aliphatic carbocycles. The maximum atomic E-state index is 13.1. The molecule has 3 aromatic rings. The van der Waals surface area contributed by atoms with E-state index in [1.165, 1.54) is 12.1 Å². The molecular weight excluding hydrogens is 370 g/mol. The Balaban J connectivity index is 2.18. The molecule has 0 amide bonds. The van der Waals surface area contributed by atoms with E-state index in [1.54, 1.807) is 19.1 Å². The Bertz CT molecular complexity index is 922. The van der Waals surface area contributed by atoms with Gasteiger partial charge in [-0.3, -0.25) is 0 Å². The third-order valence-electron chi connectivity index (χ3n) is 4.31. The smallest absolute Gasteiger partial charge is 0.345 e. The highest BCUT2D eigenvalue weighted by atomic mass is 35.5. The van der Waals surface area contributed by atoms with Crippen molar-refractivity contribution in [2.45, 2.75) is 33.0 Å². The summed E-state index contributed by atoms with van der Waals surface area (Å²) in [6.45, 7) is 4.14. The summed E-state index contributed by atoms with van der Waals surface area (Å²) < 4.78 is 41.3. The van der Waals surface area contributed by atoms with Crippen molar-refractivity contribution in [3.63, 3.8) is 0 Å². The molecule has 0 unspecified atom stereocenters. The number of benzene rings is 2. The predicted octanol–water partition coefficient (Wildman–Crippen LogP) is 6.69. The zero-order chi connectivity index (χ0) is 18.4. The molecule has 0 aliphatic heterocycles. The van der Waals surface area contributed by atoms with Gasteiger partial charge < -0.3 is 4.57 Å². The number of rotatable bonds is 3. The lowest BCUT2D eigenvalue weighted by Crippen LogP contribution is -2.07. The van der Waals surface area contributed by atoms with E-state index in [0.717, 1.165) is 16.6 Å². The van der Waals surface area contributed by atoms with Crippen LogP contribution in [0.2, 0.25) is 10.0 Å². The molecule has 6 heteroatoms. The van der Waals surface area contributed by atoms with E-state index in [-0.39, 0.29) is 0 Å². The molecule has 131 valence electrons. The lowest BCUT2D eigenvalue weighted by Gasteiger charge is -2.12. The SMILES string of the molecule is CCn1c(Cc2c(Cl)[c]ccc2Cl)cc2c(C)cc(C(F)(F)F)cc21. The van der Waals surface area contributed by atoms with E-state index < -0.39 is 11.7 Å². The van der Waals surface area contributed by atoms with E-state index in [0.29, 0.717) is 34.1 Å². The summed E-state index contributed by atoms with van der Waals surface area (Å²) in [4.78, 5) is 0. The topological polar surface area (TPSA) is 4.93 Å². The van der Waals surface area contributed by atoms with Crippen molar-refractivity contribution in [2.24, 2.45) is 0 Å². The summed E-state index contributed by atoms with van der Waals surface area (Å²) in [5, 5.41) is 1.74. The highest BCUT2D eigenvalue weighted by Gasteiger charge is 2.31. The summed E-state index contributed by atoms with van der Waals surface area (Å²) >= 11 is 12.4. The van der Waals surface area contributed by atoms with Crippen LogP contribution < -0.4 is 0 Å². The van der Waals surface area contributed by atoms with Crippen LogP contribution in [-0.4, -0.2) is 4.57 Å². The van der Waals surface area contributed by atoms with Crippen LogP contribution >= 0.6 is 23.2 Å². The second-order valence-electron chi connectivity index (χ2n) is 5.90. The number of nitrogens with zero attached hydrogens (tertiary/aromatic N) is 1. The molecule has 1 heterocycles. The van der Waals surface area contributed by atoms with Gasteiger partial charge in [0.2, 0.25) is 0 Å². The number of alkyl halides is 3. The van der Waals surface area contributed by atoms with Crippen molar-refractivity contribution < 1.29 is 13.2 Å². The molecule has 3 rings (SSSR count). The zero-order valence-electron chi connectivity index (χ0n) is 13.6. The highest BCUT2D eigenvalue weighted by molar-refractivity contribution is 6.35. The van der Waals surface area contributed by atoms with E-state index in [4.69, 9.17) is 23.2 Å². The molecule has 0 atom stereocenters. The molecule has 0 spiro atoms. The highest BCUT2D eigenvalue weighted by Crippen LogP contribution is 2.35. The molecular formula is C19H15Cl2F3N. The van der Waals surface area contributed by atoms with Crippen molar-refractivity contribution in [3.8, 4) is 0 Å².